The Morgan fingerprint density at radius 1 is 1.45 bits per heavy atom. The average Bonchev–Trinajstić information content (AvgIpc) is 2.38. The summed E-state index contributed by atoms with van der Waals surface area (Å²) in [5.74, 6) is 0.224. The van der Waals surface area contributed by atoms with Gasteiger partial charge in [0.05, 0.1) is 4.92 Å². The number of aryl methyl sites for hydroxylation is 1. The van der Waals surface area contributed by atoms with Gasteiger partial charge in [0, 0.05) is 19.1 Å². The van der Waals surface area contributed by atoms with Crippen LogP contribution in [0.1, 0.15) is 25.5 Å². The van der Waals surface area contributed by atoms with Crippen LogP contribution >= 0.6 is 11.6 Å². The highest BCUT2D eigenvalue weighted by Gasteiger charge is 2.25. The van der Waals surface area contributed by atoms with Gasteiger partial charge in [-0.1, -0.05) is 6.92 Å². The van der Waals surface area contributed by atoms with Crippen molar-refractivity contribution in [3.8, 4) is 0 Å². The first-order valence-corrected chi connectivity index (χ1v) is 7.06. The van der Waals surface area contributed by atoms with Crippen molar-refractivity contribution < 1.29 is 4.92 Å². The highest BCUT2D eigenvalue weighted by atomic mass is 35.5. The van der Waals surface area contributed by atoms with E-state index < -0.39 is 4.92 Å². The van der Waals surface area contributed by atoms with Crippen LogP contribution in [-0.2, 0) is 0 Å². The largest absolute Gasteiger partial charge is 0.361 e. The van der Waals surface area contributed by atoms with E-state index in [0.29, 0.717) is 0 Å². The van der Waals surface area contributed by atoms with Gasteiger partial charge < -0.3 is 10.2 Å². The van der Waals surface area contributed by atoms with Crippen LogP contribution in [0.5, 0.6) is 0 Å². The van der Waals surface area contributed by atoms with Crippen molar-refractivity contribution in [3.05, 3.63) is 21.1 Å². The molecule has 0 bridgehead atoms. The van der Waals surface area contributed by atoms with Crippen molar-refractivity contribution >= 4 is 23.1 Å². The van der Waals surface area contributed by atoms with Gasteiger partial charge in [-0.15, -0.1) is 0 Å². The lowest BCUT2D eigenvalue weighted by molar-refractivity contribution is -0.385. The molecule has 8 heteroatoms. The molecule has 2 rings (SSSR count). The highest BCUT2D eigenvalue weighted by molar-refractivity contribution is 6.28. The standard InChI is InChI=1S/C12H18ClN5O2/c1-3-17-6-4-9(5-7-17)15-11-10(18(19)20)8(2)14-12(13)16-11/h9H,3-7H2,1-2H3,(H,14,15,16). The van der Waals surface area contributed by atoms with E-state index in [-0.39, 0.29) is 28.5 Å². The predicted molar refractivity (Wildman–Crippen MR) is 77.2 cm³/mol. The lowest BCUT2D eigenvalue weighted by Crippen LogP contribution is -2.39. The van der Waals surface area contributed by atoms with E-state index in [2.05, 4.69) is 27.1 Å². The third kappa shape index (κ3) is 3.34. The molecule has 20 heavy (non-hydrogen) atoms. The number of hydrogen-bond acceptors (Lipinski definition) is 6. The number of nitrogens with one attached hydrogen (secondary N) is 1. The van der Waals surface area contributed by atoms with Crippen molar-refractivity contribution in [2.75, 3.05) is 25.0 Å². The first kappa shape index (κ1) is 14.9. The molecule has 1 aromatic heterocycles. The predicted octanol–water partition coefficient (Wildman–Crippen LogP) is 2.24. The molecular formula is C12H18ClN5O2. The van der Waals surface area contributed by atoms with Crippen molar-refractivity contribution in [1.82, 2.24) is 14.9 Å². The lowest BCUT2D eigenvalue weighted by atomic mass is 10.1. The molecular weight excluding hydrogens is 282 g/mol. The maximum atomic E-state index is 11.1. The quantitative estimate of drug-likeness (QED) is 0.521. The Balaban J connectivity index is 2.15. The molecule has 1 aliphatic heterocycles. The summed E-state index contributed by atoms with van der Waals surface area (Å²) in [6.07, 6.45) is 1.87. The van der Waals surface area contributed by atoms with Crippen LogP contribution < -0.4 is 5.32 Å². The van der Waals surface area contributed by atoms with Crippen molar-refractivity contribution in [2.24, 2.45) is 0 Å². The molecule has 7 nitrogen and oxygen atoms in total. The summed E-state index contributed by atoms with van der Waals surface area (Å²) in [4.78, 5) is 20.8. The zero-order valence-electron chi connectivity index (χ0n) is 11.6. The molecule has 1 aliphatic rings. The second kappa shape index (κ2) is 6.32. The van der Waals surface area contributed by atoms with E-state index >= 15 is 0 Å². The Hall–Kier alpha value is -1.47. The van der Waals surface area contributed by atoms with Crippen LogP contribution in [-0.4, -0.2) is 45.5 Å². The number of likely N-dealkylation sites (tertiary alicyclic amines) is 1. The number of nitrogens with zero attached hydrogens (tertiary/aromatic N) is 4. The number of halogens is 1. The lowest BCUT2D eigenvalue weighted by Gasteiger charge is -2.31. The molecule has 1 N–H and O–H groups in total. The normalized spacial score (nSPS) is 17.1. The monoisotopic (exact) mass is 299 g/mol. The van der Waals surface area contributed by atoms with Crippen molar-refractivity contribution in [2.45, 2.75) is 32.7 Å². The summed E-state index contributed by atoms with van der Waals surface area (Å²) >= 11 is 5.80. The SMILES string of the molecule is CCN1CCC(Nc2nc(Cl)nc(C)c2[N+](=O)[O-])CC1. The molecule has 2 heterocycles. The Kier molecular flexibility index (Phi) is 4.72. The molecule has 0 saturated carbocycles. The van der Waals surface area contributed by atoms with Gasteiger partial charge in [-0.05, 0) is 37.9 Å². The third-order valence-corrected chi connectivity index (χ3v) is 3.76. The van der Waals surface area contributed by atoms with Gasteiger partial charge in [0.25, 0.3) is 0 Å². The summed E-state index contributed by atoms with van der Waals surface area (Å²) in [5, 5.41) is 14.3. The van der Waals surface area contributed by atoms with E-state index in [4.69, 9.17) is 11.6 Å². The van der Waals surface area contributed by atoms with Crippen LogP contribution in [0.4, 0.5) is 11.5 Å². The fourth-order valence-corrected chi connectivity index (χ4v) is 2.65. The summed E-state index contributed by atoms with van der Waals surface area (Å²) in [7, 11) is 0. The number of hydrogen-bond donors (Lipinski definition) is 1. The minimum atomic E-state index is -0.463. The van der Waals surface area contributed by atoms with E-state index in [0.717, 1.165) is 32.5 Å². The number of aromatic nitrogens is 2. The van der Waals surface area contributed by atoms with E-state index in [9.17, 15) is 10.1 Å². The Morgan fingerprint density at radius 3 is 2.65 bits per heavy atom. The first-order valence-electron chi connectivity index (χ1n) is 6.68. The fourth-order valence-electron chi connectivity index (χ4n) is 2.44. The molecule has 1 saturated heterocycles. The summed E-state index contributed by atoms with van der Waals surface area (Å²) in [6, 6.07) is 0.182. The molecule has 0 spiro atoms. The molecule has 1 aromatic rings. The van der Waals surface area contributed by atoms with Gasteiger partial charge in [-0.25, -0.2) is 4.98 Å². The average molecular weight is 300 g/mol. The third-order valence-electron chi connectivity index (χ3n) is 3.59. The molecule has 0 unspecified atom stereocenters. The Labute approximate surface area is 122 Å². The fraction of sp³-hybridized carbons (Fsp3) is 0.667. The van der Waals surface area contributed by atoms with Crippen LogP contribution in [0.25, 0.3) is 0 Å². The van der Waals surface area contributed by atoms with Crippen LogP contribution in [0.3, 0.4) is 0 Å². The van der Waals surface area contributed by atoms with Gasteiger partial charge >= 0.3 is 5.69 Å². The topological polar surface area (TPSA) is 84.2 Å². The second-order valence-electron chi connectivity index (χ2n) is 4.89. The summed E-state index contributed by atoms with van der Waals surface area (Å²) in [6.45, 7) is 6.70. The minimum Gasteiger partial charge on any atom is -0.361 e. The van der Waals surface area contributed by atoms with Gasteiger partial charge in [0.15, 0.2) is 0 Å². The summed E-state index contributed by atoms with van der Waals surface area (Å²) < 4.78 is 0. The minimum absolute atomic E-state index is 0.0293. The highest BCUT2D eigenvalue weighted by Crippen LogP contribution is 2.28. The second-order valence-corrected chi connectivity index (χ2v) is 5.22. The molecule has 1 fully saturated rings. The number of piperidine rings is 1. The molecule has 0 radical (unpaired) electrons. The van der Waals surface area contributed by atoms with Crippen molar-refractivity contribution in [1.29, 1.82) is 0 Å². The zero-order chi connectivity index (χ0) is 14.7. The molecule has 0 aliphatic carbocycles. The van der Waals surface area contributed by atoms with Crippen molar-refractivity contribution in [3.63, 3.8) is 0 Å². The summed E-state index contributed by atoms with van der Waals surface area (Å²) in [5.41, 5.74) is 0.191. The zero-order valence-corrected chi connectivity index (χ0v) is 12.4. The van der Waals surface area contributed by atoms with E-state index in [1.165, 1.54) is 0 Å². The van der Waals surface area contributed by atoms with Crippen LogP contribution in [0.2, 0.25) is 5.28 Å². The Bertz CT molecular complexity index is 503. The van der Waals surface area contributed by atoms with Gasteiger partial charge in [0.1, 0.15) is 5.69 Å². The first-order chi connectivity index (χ1) is 9.51. The number of anilines is 1. The number of rotatable bonds is 4. The molecule has 110 valence electrons. The number of nitro groups is 1. The van der Waals surface area contributed by atoms with Crippen LogP contribution in [0, 0.1) is 17.0 Å². The maximum absolute atomic E-state index is 11.1. The van der Waals surface area contributed by atoms with E-state index in [1.807, 2.05) is 0 Å². The van der Waals surface area contributed by atoms with Crippen LogP contribution in [0.15, 0.2) is 0 Å². The maximum Gasteiger partial charge on any atom is 0.332 e. The molecule has 0 aromatic carbocycles. The Morgan fingerprint density at radius 2 is 2.10 bits per heavy atom. The van der Waals surface area contributed by atoms with Gasteiger partial charge in [-0.2, -0.15) is 4.98 Å². The molecule has 0 atom stereocenters. The van der Waals surface area contributed by atoms with Gasteiger partial charge in [0.2, 0.25) is 11.1 Å². The molecule has 0 amide bonds. The smallest absolute Gasteiger partial charge is 0.332 e. The van der Waals surface area contributed by atoms with Gasteiger partial charge in [-0.3, -0.25) is 10.1 Å². The van der Waals surface area contributed by atoms with E-state index in [1.54, 1.807) is 6.92 Å².